The van der Waals surface area contributed by atoms with E-state index in [2.05, 4.69) is 267 Å². The normalized spacial score (nSPS) is 13.7. The van der Waals surface area contributed by atoms with Crippen molar-refractivity contribution >= 4 is 112 Å². The number of benzene rings is 9. The van der Waals surface area contributed by atoms with Gasteiger partial charge in [0.05, 0.1) is 11.0 Å². The Bertz CT molecular complexity index is 4310. The molecule has 2 aliphatic heterocycles. The van der Waals surface area contributed by atoms with Gasteiger partial charge in [0.15, 0.2) is 0 Å². The molecule has 0 N–H and O–H groups in total. The van der Waals surface area contributed by atoms with Gasteiger partial charge >= 0.3 is 6.85 Å². The fraction of sp³-hybridized carbons (Fsp3) is 0.229. The topological polar surface area (TPSA) is 37.7 Å². The van der Waals surface area contributed by atoms with E-state index in [0.29, 0.717) is 0 Å². The van der Waals surface area contributed by atoms with Gasteiger partial charge in [-0.15, -0.1) is 0 Å². The summed E-state index contributed by atoms with van der Waals surface area (Å²) < 4.78 is 16.7. The Balaban J connectivity index is 1.14. The summed E-state index contributed by atoms with van der Waals surface area (Å²) in [5.74, 6) is 0. The van der Waals surface area contributed by atoms with Crippen molar-refractivity contribution in [3.63, 3.8) is 0 Å². The number of para-hydroxylation sites is 2. The molecule has 0 fully saturated rings. The third-order valence-electron chi connectivity index (χ3n) is 16.8. The highest BCUT2D eigenvalue weighted by Gasteiger charge is 2.47. The maximum absolute atomic E-state index is 7.34. The zero-order valence-corrected chi connectivity index (χ0v) is 45.9. The third kappa shape index (κ3) is 6.84. The van der Waals surface area contributed by atoms with Crippen molar-refractivity contribution < 1.29 is 8.83 Å². The van der Waals surface area contributed by atoms with Crippen LogP contribution in [-0.2, 0) is 21.7 Å². The van der Waals surface area contributed by atoms with Gasteiger partial charge in [0.1, 0.15) is 22.3 Å². The molecule has 0 amide bonds. The molecule has 0 unspecified atom stereocenters. The first kappa shape index (κ1) is 46.6. The molecule has 0 atom stereocenters. The number of fused-ring (bicyclic) bond motifs is 16. The van der Waals surface area contributed by atoms with Gasteiger partial charge in [-0.1, -0.05) is 168 Å². The molecule has 6 heteroatoms. The monoisotopic (exact) mass is 990 g/mol. The zero-order chi connectivity index (χ0) is 52.5. The average molecular weight is 990 g/mol. The summed E-state index contributed by atoms with van der Waals surface area (Å²) in [5.41, 5.74) is 22.5. The summed E-state index contributed by atoms with van der Waals surface area (Å²) in [4.78, 5) is 5.08. The molecule has 0 radical (unpaired) electrons. The molecule has 0 spiro atoms. The van der Waals surface area contributed by atoms with Crippen LogP contribution in [0.5, 0.6) is 0 Å². The summed E-state index contributed by atoms with van der Waals surface area (Å²) in [7, 11) is 0. The van der Waals surface area contributed by atoms with Gasteiger partial charge in [0.2, 0.25) is 0 Å². The van der Waals surface area contributed by atoms with E-state index in [1.165, 1.54) is 55.0 Å². The Morgan fingerprint density at radius 2 is 0.961 bits per heavy atom. The standard InChI is InChI=1S/C70H64BN3O2/c1-67(2,3)41-21-28-45(29-22-41)72(46-30-23-42(24-31-46)68(4,5)6)48-34-35-54-57(38-48)73-55-36-27-44(70(10,11)12)37-52(55)61-62-50-18-14-16-20-59(50)76-66(62)63-53-40-60-51(49-17-13-15-19-58(49)75-60)39-56(53)74(71(54)64(63)65(61)73)47-32-25-43(26-33-47)69(7,8)9/h13-40H,1-12H3. The van der Waals surface area contributed by atoms with Gasteiger partial charge in [-0.05, 0) is 140 Å². The van der Waals surface area contributed by atoms with Crippen molar-refractivity contribution in [2.75, 3.05) is 9.71 Å². The number of anilines is 5. The van der Waals surface area contributed by atoms with E-state index < -0.39 is 0 Å². The fourth-order valence-corrected chi connectivity index (χ4v) is 12.7. The first-order valence-electron chi connectivity index (χ1n) is 27.2. The van der Waals surface area contributed by atoms with E-state index >= 15 is 0 Å². The Morgan fingerprint density at radius 3 is 1.57 bits per heavy atom. The van der Waals surface area contributed by atoms with Crippen molar-refractivity contribution in [2.45, 2.75) is 105 Å². The summed E-state index contributed by atoms with van der Waals surface area (Å²) >= 11 is 0. The molecule has 0 bridgehead atoms. The van der Waals surface area contributed by atoms with E-state index in [1.54, 1.807) is 0 Å². The van der Waals surface area contributed by atoms with Crippen LogP contribution in [0.4, 0.5) is 28.4 Å². The van der Waals surface area contributed by atoms with E-state index in [0.717, 1.165) is 89.1 Å². The van der Waals surface area contributed by atoms with E-state index in [-0.39, 0.29) is 28.5 Å². The number of rotatable bonds is 4. The maximum Gasteiger partial charge on any atom is 0.333 e. The van der Waals surface area contributed by atoms with Crippen LogP contribution >= 0.6 is 0 Å². The number of furan rings is 2. The van der Waals surface area contributed by atoms with Crippen LogP contribution in [-0.4, -0.2) is 11.4 Å². The Kier molecular flexibility index (Phi) is 9.68. The van der Waals surface area contributed by atoms with Crippen LogP contribution < -0.4 is 20.6 Å². The van der Waals surface area contributed by atoms with Crippen LogP contribution in [0.25, 0.3) is 82.5 Å². The summed E-state index contributed by atoms with van der Waals surface area (Å²) in [6, 6.07) is 64.1. The van der Waals surface area contributed by atoms with Crippen LogP contribution in [0.3, 0.4) is 0 Å². The lowest BCUT2D eigenvalue weighted by Gasteiger charge is -2.42. The molecule has 5 heterocycles. The van der Waals surface area contributed by atoms with Crippen LogP contribution in [0.1, 0.15) is 105 Å². The molecule has 0 saturated carbocycles. The summed E-state index contributed by atoms with van der Waals surface area (Å²) in [5, 5.41) is 6.92. The van der Waals surface area contributed by atoms with Gasteiger partial charge in [-0.3, -0.25) is 0 Å². The van der Waals surface area contributed by atoms with Crippen LogP contribution in [0.2, 0.25) is 0 Å². The number of aromatic nitrogens is 1. The van der Waals surface area contributed by atoms with E-state index in [9.17, 15) is 0 Å². The molecule has 76 heavy (non-hydrogen) atoms. The second-order valence-electron chi connectivity index (χ2n) is 25.8. The molecule has 3 aromatic heterocycles. The summed E-state index contributed by atoms with van der Waals surface area (Å²) in [6.45, 7) is 27.3. The highest BCUT2D eigenvalue weighted by molar-refractivity contribution is 6.94. The minimum absolute atomic E-state index is 0.0153. The van der Waals surface area contributed by atoms with Crippen LogP contribution in [0, 0.1) is 0 Å². The molecule has 9 aromatic carbocycles. The zero-order valence-electron chi connectivity index (χ0n) is 45.9. The van der Waals surface area contributed by atoms with E-state index in [1.807, 2.05) is 0 Å². The number of nitrogens with zero attached hydrogens (tertiary/aromatic N) is 3. The minimum Gasteiger partial charge on any atom is -0.456 e. The lowest BCUT2D eigenvalue weighted by atomic mass is 9.43. The van der Waals surface area contributed by atoms with Gasteiger partial charge in [-0.2, -0.15) is 0 Å². The minimum atomic E-state index is -0.243. The quantitative estimate of drug-likeness (QED) is 0.165. The largest absolute Gasteiger partial charge is 0.456 e. The second-order valence-corrected chi connectivity index (χ2v) is 25.8. The number of hydrogen-bond donors (Lipinski definition) is 0. The Morgan fingerprint density at radius 1 is 0.421 bits per heavy atom. The van der Waals surface area contributed by atoms with Gasteiger partial charge < -0.3 is 23.1 Å². The predicted octanol–water partition coefficient (Wildman–Crippen LogP) is 18.5. The van der Waals surface area contributed by atoms with Gasteiger partial charge in [0, 0.05) is 77.6 Å². The van der Waals surface area contributed by atoms with Crippen molar-refractivity contribution in [2.24, 2.45) is 0 Å². The molecule has 0 saturated heterocycles. The number of hydrogen-bond acceptors (Lipinski definition) is 4. The van der Waals surface area contributed by atoms with Crippen molar-refractivity contribution in [1.29, 1.82) is 0 Å². The molecule has 14 rings (SSSR count). The SMILES string of the molecule is CC(C)(C)c1ccc(N2B3c4ccc(N(c5ccc(C(C)(C)C)cc5)c5ccc(C(C)(C)C)cc5)cc4-n4c5ccc(C(C)(C)C)cc5c5c6c(oc7ccccc76)c(c3c54)-c3cc4oc5ccccc5c4cc32)cc1. The average Bonchev–Trinajstić information content (AvgIpc) is 3.96. The lowest BCUT2D eigenvalue weighted by molar-refractivity contribution is 0.590. The first-order chi connectivity index (χ1) is 36.2. The molecule has 5 nitrogen and oxygen atoms in total. The molecule has 0 aliphatic carbocycles. The van der Waals surface area contributed by atoms with Crippen LogP contribution in [0.15, 0.2) is 179 Å². The van der Waals surface area contributed by atoms with Crippen molar-refractivity contribution in [3.05, 3.63) is 192 Å². The maximum atomic E-state index is 7.34. The molecular weight excluding hydrogens is 926 g/mol. The molecule has 12 aromatic rings. The third-order valence-corrected chi connectivity index (χ3v) is 16.8. The van der Waals surface area contributed by atoms with Crippen molar-refractivity contribution in [1.82, 2.24) is 4.57 Å². The predicted molar refractivity (Wildman–Crippen MR) is 324 cm³/mol. The van der Waals surface area contributed by atoms with Gasteiger partial charge in [0.25, 0.3) is 0 Å². The first-order valence-corrected chi connectivity index (χ1v) is 27.2. The second kappa shape index (κ2) is 15.8. The molecular formula is C70H64BN3O2. The molecule has 374 valence electrons. The van der Waals surface area contributed by atoms with E-state index in [4.69, 9.17) is 8.83 Å². The van der Waals surface area contributed by atoms with Gasteiger partial charge in [-0.25, -0.2) is 0 Å². The molecule has 2 aliphatic rings. The Labute approximate surface area is 446 Å². The highest BCUT2D eigenvalue weighted by Crippen LogP contribution is 2.53. The Hall–Kier alpha value is -7.96. The smallest absolute Gasteiger partial charge is 0.333 e. The summed E-state index contributed by atoms with van der Waals surface area (Å²) in [6.07, 6.45) is 0. The fourth-order valence-electron chi connectivity index (χ4n) is 12.7. The van der Waals surface area contributed by atoms with Crippen molar-refractivity contribution in [3.8, 4) is 16.8 Å². The lowest BCUT2D eigenvalue weighted by Crippen LogP contribution is -2.60. The highest BCUT2D eigenvalue weighted by atomic mass is 16.3.